The number of anilines is 1. The van der Waals surface area contributed by atoms with Crippen molar-refractivity contribution in [2.24, 2.45) is 11.8 Å². The van der Waals surface area contributed by atoms with Crippen LogP contribution in [0.4, 0.5) is 5.69 Å². The first-order valence-electron chi connectivity index (χ1n) is 14.5. The molecular formula is C32H39ClN2O6S. The number of nitrogens with zero attached hydrogens (tertiary/aromatic N) is 1. The first-order chi connectivity index (χ1) is 20.0. The summed E-state index contributed by atoms with van der Waals surface area (Å²) in [6.07, 6.45) is 6.44. The van der Waals surface area contributed by atoms with Crippen molar-refractivity contribution in [3.05, 3.63) is 83.4 Å². The predicted molar refractivity (Wildman–Crippen MR) is 165 cm³/mol. The molecule has 226 valence electrons. The van der Waals surface area contributed by atoms with Crippen LogP contribution in [0.3, 0.4) is 0 Å². The number of carbonyl (C=O) groups is 1. The molecule has 1 spiro atoms. The smallest absolute Gasteiger partial charge is 0.264 e. The second-order valence-electron chi connectivity index (χ2n) is 11.9. The number of sulfonamides is 1. The van der Waals surface area contributed by atoms with Gasteiger partial charge < -0.3 is 19.8 Å². The summed E-state index contributed by atoms with van der Waals surface area (Å²) in [6.45, 7) is 8.94. The topological polar surface area (TPSA) is 116 Å². The fourth-order valence-electron chi connectivity index (χ4n) is 6.75. The van der Waals surface area contributed by atoms with E-state index in [9.17, 15) is 23.4 Å². The molecule has 10 heteroatoms. The molecule has 1 heterocycles. The monoisotopic (exact) mass is 614 g/mol. The molecule has 0 aromatic heterocycles. The Morgan fingerprint density at radius 1 is 1.21 bits per heavy atom. The minimum absolute atomic E-state index is 0.150. The Bertz CT molecular complexity index is 1460. The van der Waals surface area contributed by atoms with E-state index in [1.54, 1.807) is 24.3 Å². The SMILES string of the molecule is C=CCC(O)[C@@H]1CC[C@H]1CN1C[C@@]2(CCCc3cc(Cl)ccc32)COc2ccc(C(=O)NS(=O)(=O)CC(O)C=C)cc21. The summed E-state index contributed by atoms with van der Waals surface area (Å²) >= 11 is 6.36. The Hall–Kier alpha value is -2.85. The van der Waals surface area contributed by atoms with E-state index in [0.717, 1.165) is 38.2 Å². The van der Waals surface area contributed by atoms with Crippen LogP contribution in [0.15, 0.2) is 61.7 Å². The molecule has 2 aliphatic carbocycles. The van der Waals surface area contributed by atoms with Crippen molar-refractivity contribution in [3.8, 4) is 5.75 Å². The molecule has 5 rings (SSSR count). The molecule has 8 nitrogen and oxygen atoms in total. The molecule has 2 unspecified atom stereocenters. The van der Waals surface area contributed by atoms with Gasteiger partial charge in [-0.3, -0.25) is 4.79 Å². The third-order valence-electron chi connectivity index (χ3n) is 9.04. The van der Waals surface area contributed by atoms with Crippen LogP contribution in [-0.2, 0) is 21.9 Å². The number of fused-ring (bicyclic) bond motifs is 3. The number of aliphatic hydroxyl groups excluding tert-OH is 2. The van der Waals surface area contributed by atoms with Gasteiger partial charge in [-0.2, -0.15) is 0 Å². The van der Waals surface area contributed by atoms with E-state index in [2.05, 4.69) is 28.8 Å². The van der Waals surface area contributed by atoms with Gasteiger partial charge in [-0.25, -0.2) is 13.1 Å². The molecule has 0 bridgehead atoms. The molecular weight excluding hydrogens is 576 g/mol. The van der Waals surface area contributed by atoms with Gasteiger partial charge in [-0.1, -0.05) is 29.8 Å². The minimum atomic E-state index is -4.09. The van der Waals surface area contributed by atoms with Crippen molar-refractivity contribution in [1.82, 2.24) is 4.72 Å². The van der Waals surface area contributed by atoms with Gasteiger partial charge in [0.15, 0.2) is 0 Å². The Labute approximate surface area is 253 Å². The molecule has 5 atom stereocenters. The molecule has 1 fully saturated rings. The van der Waals surface area contributed by atoms with Gasteiger partial charge in [0.2, 0.25) is 10.0 Å². The molecule has 3 aliphatic rings. The van der Waals surface area contributed by atoms with Crippen molar-refractivity contribution in [3.63, 3.8) is 0 Å². The Morgan fingerprint density at radius 3 is 2.74 bits per heavy atom. The standard InChI is InChI=1S/C32H39ClN2O6S/c1-3-6-29(37)26-11-8-23(26)17-35-19-32(14-5-7-21-15-24(33)10-12-27(21)32)20-41-30-13-9-22(16-28(30)35)31(38)34-42(39,40)18-25(36)4-2/h3-4,9-10,12-13,15-16,23,25-26,29,36-37H,1-2,5-8,11,14,17-20H2,(H,34,38)/t23-,25?,26+,29?,32-/m0/s1. The number of aliphatic hydroxyl groups is 2. The molecule has 0 radical (unpaired) electrons. The van der Waals surface area contributed by atoms with Crippen molar-refractivity contribution in [2.45, 2.75) is 56.1 Å². The fraction of sp³-hybridized carbons (Fsp3) is 0.469. The third kappa shape index (κ3) is 6.39. The summed E-state index contributed by atoms with van der Waals surface area (Å²) in [6, 6.07) is 11.0. The van der Waals surface area contributed by atoms with Crippen LogP contribution in [0.25, 0.3) is 0 Å². The quantitative estimate of drug-likeness (QED) is 0.340. The van der Waals surface area contributed by atoms with Crippen molar-refractivity contribution >= 4 is 33.2 Å². The van der Waals surface area contributed by atoms with Crippen LogP contribution in [-0.4, -0.2) is 62.2 Å². The van der Waals surface area contributed by atoms with Gasteiger partial charge in [-0.05, 0) is 91.8 Å². The van der Waals surface area contributed by atoms with E-state index >= 15 is 0 Å². The summed E-state index contributed by atoms with van der Waals surface area (Å²) in [7, 11) is -4.09. The summed E-state index contributed by atoms with van der Waals surface area (Å²) < 4.78 is 33.5. The van der Waals surface area contributed by atoms with E-state index in [1.807, 2.05) is 12.1 Å². The lowest BCUT2D eigenvalue weighted by Gasteiger charge is -2.45. The number of ether oxygens (including phenoxy) is 1. The Morgan fingerprint density at radius 2 is 2.02 bits per heavy atom. The molecule has 0 saturated heterocycles. The number of hydrogen-bond acceptors (Lipinski definition) is 7. The van der Waals surface area contributed by atoms with Gasteiger partial charge in [0.25, 0.3) is 5.91 Å². The number of carbonyl (C=O) groups excluding carboxylic acids is 1. The lowest BCUT2D eigenvalue weighted by molar-refractivity contribution is 0.0178. The maximum Gasteiger partial charge on any atom is 0.264 e. The maximum atomic E-state index is 13.1. The van der Waals surface area contributed by atoms with Crippen LogP contribution in [0.5, 0.6) is 5.75 Å². The maximum absolute atomic E-state index is 13.1. The first kappa shape index (κ1) is 30.6. The average molecular weight is 615 g/mol. The molecule has 2 aromatic carbocycles. The van der Waals surface area contributed by atoms with Gasteiger partial charge in [-0.15, -0.1) is 13.2 Å². The molecule has 2 aromatic rings. The molecule has 42 heavy (non-hydrogen) atoms. The van der Waals surface area contributed by atoms with Gasteiger partial charge in [0, 0.05) is 29.1 Å². The number of aryl methyl sites for hydroxylation is 1. The summed E-state index contributed by atoms with van der Waals surface area (Å²) in [5.74, 6) is -0.429. The molecule has 3 N–H and O–H groups in total. The van der Waals surface area contributed by atoms with Crippen molar-refractivity contribution < 1.29 is 28.2 Å². The first-order valence-corrected chi connectivity index (χ1v) is 16.5. The zero-order valence-electron chi connectivity index (χ0n) is 23.7. The van der Waals surface area contributed by atoms with Crippen LogP contribution in [0.2, 0.25) is 5.02 Å². The Balaban J connectivity index is 1.49. The third-order valence-corrected chi connectivity index (χ3v) is 10.6. The molecule has 1 aliphatic heterocycles. The number of rotatable bonds is 10. The second kappa shape index (κ2) is 12.4. The minimum Gasteiger partial charge on any atom is -0.490 e. The van der Waals surface area contributed by atoms with Crippen molar-refractivity contribution in [2.75, 3.05) is 30.3 Å². The average Bonchev–Trinajstić information content (AvgIpc) is 3.07. The van der Waals surface area contributed by atoms with Crippen LogP contribution in [0.1, 0.15) is 53.6 Å². The lowest BCUT2D eigenvalue weighted by Crippen LogP contribution is -2.49. The fourth-order valence-corrected chi connectivity index (χ4v) is 8.01. The van der Waals surface area contributed by atoms with Gasteiger partial charge >= 0.3 is 0 Å². The summed E-state index contributed by atoms with van der Waals surface area (Å²) in [5.41, 5.74) is 3.02. The van der Waals surface area contributed by atoms with Gasteiger partial charge in [0.1, 0.15) is 5.75 Å². The number of nitrogens with one attached hydrogen (secondary N) is 1. The van der Waals surface area contributed by atoms with Crippen LogP contribution >= 0.6 is 11.6 Å². The van der Waals surface area contributed by atoms with E-state index in [-0.39, 0.29) is 22.8 Å². The lowest BCUT2D eigenvalue weighted by atomic mass is 9.68. The zero-order chi connectivity index (χ0) is 30.1. The molecule has 1 saturated carbocycles. The van der Waals surface area contributed by atoms with E-state index < -0.39 is 33.9 Å². The summed E-state index contributed by atoms with van der Waals surface area (Å²) in [5, 5.41) is 21.2. The van der Waals surface area contributed by atoms with Gasteiger partial charge in [0.05, 0.1) is 30.3 Å². The summed E-state index contributed by atoms with van der Waals surface area (Å²) in [4.78, 5) is 15.4. The largest absolute Gasteiger partial charge is 0.490 e. The van der Waals surface area contributed by atoms with E-state index in [0.29, 0.717) is 42.6 Å². The number of amides is 1. The predicted octanol–water partition coefficient (Wildman–Crippen LogP) is 4.38. The number of halogens is 1. The van der Waals surface area contributed by atoms with Crippen LogP contribution in [0, 0.1) is 11.8 Å². The highest BCUT2D eigenvalue weighted by Crippen LogP contribution is 2.46. The highest BCUT2D eigenvalue weighted by atomic mass is 35.5. The van der Waals surface area contributed by atoms with E-state index in [1.165, 1.54) is 11.1 Å². The second-order valence-corrected chi connectivity index (χ2v) is 14.1. The highest BCUT2D eigenvalue weighted by molar-refractivity contribution is 7.90. The van der Waals surface area contributed by atoms with Crippen LogP contribution < -0.4 is 14.4 Å². The normalized spacial score (nSPS) is 24.7. The van der Waals surface area contributed by atoms with Crippen molar-refractivity contribution in [1.29, 1.82) is 0 Å². The highest BCUT2D eigenvalue weighted by Gasteiger charge is 2.44. The number of hydrogen-bond donors (Lipinski definition) is 3. The Kier molecular flexibility index (Phi) is 9.04. The zero-order valence-corrected chi connectivity index (χ0v) is 25.2. The molecule has 1 amide bonds. The van der Waals surface area contributed by atoms with E-state index in [4.69, 9.17) is 16.3 Å². The number of benzene rings is 2.